The second-order valence-corrected chi connectivity index (χ2v) is 4.75. The quantitative estimate of drug-likeness (QED) is 0.772. The van der Waals surface area contributed by atoms with Gasteiger partial charge in [0.05, 0.1) is 5.56 Å². The zero-order valence-electron chi connectivity index (χ0n) is 10.4. The summed E-state index contributed by atoms with van der Waals surface area (Å²) in [6.07, 6.45) is 0. The fourth-order valence-corrected chi connectivity index (χ4v) is 1.81. The molecule has 0 radical (unpaired) electrons. The number of nitrogens with one attached hydrogen (secondary N) is 2. The van der Waals surface area contributed by atoms with E-state index in [0.29, 0.717) is 6.54 Å². The third-order valence-electron chi connectivity index (χ3n) is 2.32. The lowest BCUT2D eigenvalue weighted by molar-refractivity contribution is 0.0947. The Morgan fingerprint density at radius 3 is 2.78 bits per heavy atom. The molecule has 18 heavy (non-hydrogen) atoms. The van der Waals surface area contributed by atoms with E-state index >= 15 is 0 Å². The number of carbonyl (C=O) groups excluding carboxylic acids is 1. The highest BCUT2D eigenvalue weighted by molar-refractivity contribution is 9.10. The molecule has 0 aliphatic rings. The van der Waals surface area contributed by atoms with Crippen molar-refractivity contribution >= 4 is 34.2 Å². The predicted molar refractivity (Wildman–Crippen MR) is 78.5 cm³/mol. The molecule has 0 fully saturated rings. The maximum Gasteiger partial charge on any atom is 0.255 e. The van der Waals surface area contributed by atoms with Gasteiger partial charge in [-0.1, -0.05) is 22.9 Å². The van der Waals surface area contributed by atoms with Crippen molar-refractivity contribution in [1.82, 2.24) is 10.6 Å². The zero-order valence-corrected chi connectivity index (χ0v) is 12.8. The summed E-state index contributed by atoms with van der Waals surface area (Å²) in [5.74, 6) is -0.282. The van der Waals surface area contributed by atoms with Crippen molar-refractivity contribution in [3.05, 3.63) is 28.2 Å². The molecule has 0 unspecified atom stereocenters. The molecule has 4 nitrogen and oxygen atoms in total. The molecule has 0 aliphatic heterocycles. The van der Waals surface area contributed by atoms with Crippen LogP contribution in [-0.2, 0) is 0 Å². The molecule has 0 bridgehead atoms. The van der Waals surface area contributed by atoms with E-state index in [4.69, 9.17) is 0 Å². The Morgan fingerprint density at radius 1 is 1.50 bits per heavy atom. The minimum Gasteiger partial charge on any atom is -0.507 e. The molecule has 102 valence electrons. The fraction of sp³-hybridized carbons (Fsp3) is 0.417. The van der Waals surface area contributed by atoms with Gasteiger partial charge in [-0.3, -0.25) is 4.79 Å². The Hall–Kier alpha value is -0.780. The van der Waals surface area contributed by atoms with Crippen molar-refractivity contribution < 1.29 is 9.90 Å². The molecular formula is C12H18BrClN2O2. The SMILES string of the molecule is CCN[C@H](C)CNC(=O)c1cc(Br)ccc1O.Cl. The highest BCUT2D eigenvalue weighted by Gasteiger charge is 2.12. The topological polar surface area (TPSA) is 61.4 Å². The Bertz CT molecular complexity index is 402. The van der Waals surface area contributed by atoms with E-state index in [0.717, 1.165) is 11.0 Å². The second kappa shape index (κ2) is 8.34. The molecule has 1 rings (SSSR count). The standard InChI is InChI=1S/C12H17BrN2O2.ClH/c1-3-14-8(2)7-15-12(17)10-6-9(13)4-5-11(10)16;/h4-6,8,14,16H,3,7H2,1-2H3,(H,15,17);1H/t8-;/m1./s1. The van der Waals surface area contributed by atoms with Crippen molar-refractivity contribution in [2.75, 3.05) is 13.1 Å². The molecular weight excluding hydrogens is 320 g/mol. The first-order valence-electron chi connectivity index (χ1n) is 5.54. The average molecular weight is 338 g/mol. The lowest BCUT2D eigenvalue weighted by Crippen LogP contribution is -2.38. The number of halogens is 2. The molecule has 6 heteroatoms. The number of likely N-dealkylation sites (N-methyl/N-ethyl adjacent to an activating group) is 1. The Labute approximate surface area is 122 Å². The van der Waals surface area contributed by atoms with Gasteiger partial charge in [-0.2, -0.15) is 0 Å². The molecule has 1 aromatic rings. The van der Waals surface area contributed by atoms with Crippen LogP contribution >= 0.6 is 28.3 Å². The largest absolute Gasteiger partial charge is 0.507 e. The number of amides is 1. The van der Waals surface area contributed by atoms with Crippen LogP contribution in [0.2, 0.25) is 0 Å². The smallest absolute Gasteiger partial charge is 0.255 e. The summed E-state index contributed by atoms with van der Waals surface area (Å²) in [5, 5.41) is 15.5. The molecule has 1 atom stereocenters. The van der Waals surface area contributed by atoms with Gasteiger partial charge in [0.2, 0.25) is 0 Å². The van der Waals surface area contributed by atoms with E-state index in [9.17, 15) is 9.90 Å². The number of aromatic hydroxyl groups is 1. The Kier molecular flexibility index (Phi) is 7.98. The minimum absolute atomic E-state index is 0. The van der Waals surface area contributed by atoms with E-state index in [2.05, 4.69) is 26.6 Å². The number of hydrogen-bond acceptors (Lipinski definition) is 3. The Balaban J connectivity index is 0.00000289. The van der Waals surface area contributed by atoms with Gasteiger partial charge < -0.3 is 15.7 Å². The maximum atomic E-state index is 11.8. The monoisotopic (exact) mass is 336 g/mol. The number of hydrogen-bond donors (Lipinski definition) is 3. The summed E-state index contributed by atoms with van der Waals surface area (Å²) >= 11 is 3.27. The second-order valence-electron chi connectivity index (χ2n) is 3.83. The van der Waals surface area contributed by atoms with Crippen LogP contribution < -0.4 is 10.6 Å². The van der Waals surface area contributed by atoms with Crippen LogP contribution in [0.5, 0.6) is 5.75 Å². The van der Waals surface area contributed by atoms with Gasteiger partial charge >= 0.3 is 0 Å². The van der Waals surface area contributed by atoms with Gasteiger partial charge in [-0.25, -0.2) is 0 Å². The van der Waals surface area contributed by atoms with Crippen molar-refractivity contribution in [2.45, 2.75) is 19.9 Å². The first-order valence-corrected chi connectivity index (χ1v) is 6.34. The van der Waals surface area contributed by atoms with Crippen LogP contribution in [0, 0.1) is 0 Å². The highest BCUT2D eigenvalue weighted by Crippen LogP contribution is 2.21. The maximum absolute atomic E-state index is 11.8. The molecule has 0 saturated carbocycles. The molecule has 0 aromatic heterocycles. The van der Waals surface area contributed by atoms with Crippen molar-refractivity contribution in [2.24, 2.45) is 0 Å². The normalized spacial score (nSPS) is 11.5. The van der Waals surface area contributed by atoms with Crippen LogP contribution in [0.25, 0.3) is 0 Å². The molecule has 3 N–H and O–H groups in total. The molecule has 0 saturated heterocycles. The van der Waals surface area contributed by atoms with E-state index in [1.807, 2.05) is 13.8 Å². The zero-order chi connectivity index (χ0) is 12.8. The third kappa shape index (κ3) is 5.25. The summed E-state index contributed by atoms with van der Waals surface area (Å²) < 4.78 is 0.764. The predicted octanol–water partition coefficient (Wildman–Crippen LogP) is 2.30. The number of carbonyl (C=O) groups is 1. The first-order chi connectivity index (χ1) is 8.04. The number of phenols is 1. The van der Waals surface area contributed by atoms with E-state index < -0.39 is 0 Å². The van der Waals surface area contributed by atoms with Gasteiger partial charge in [0.15, 0.2) is 0 Å². The van der Waals surface area contributed by atoms with Crippen LogP contribution in [0.3, 0.4) is 0 Å². The molecule has 0 heterocycles. The molecule has 1 aromatic carbocycles. The summed E-state index contributed by atoms with van der Waals surface area (Å²) in [4.78, 5) is 11.8. The molecule has 0 aliphatic carbocycles. The van der Waals surface area contributed by atoms with Gasteiger partial charge in [-0.05, 0) is 31.7 Å². The Morgan fingerprint density at radius 2 is 2.17 bits per heavy atom. The summed E-state index contributed by atoms with van der Waals surface area (Å²) in [6, 6.07) is 4.99. The van der Waals surface area contributed by atoms with Crippen LogP contribution in [0.15, 0.2) is 22.7 Å². The van der Waals surface area contributed by atoms with Gasteiger partial charge in [-0.15, -0.1) is 12.4 Å². The lowest BCUT2D eigenvalue weighted by atomic mass is 10.2. The number of benzene rings is 1. The average Bonchev–Trinajstić information content (AvgIpc) is 2.29. The van der Waals surface area contributed by atoms with Crippen LogP contribution in [0.1, 0.15) is 24.2 Å². The fourth-order valence-electron chi connectivity index (χ4n) is 1.45. The summed E-state index contributed by atoms with van der Waals surface area (Å²) in [5.41, 5.74) is 0.281. The van der Waals surface area contributed by atoms with E-state index in [1.54, 1.807) is 12.1 Å². The van der Waals surface area contributed by atoms with E-state index in [-0.39, 0.29) is 35.7 Å². The van der Waals surface area contributed by atoms with Crippen LogP contribution in [-0.4, -0.2) is 30.1 Å². The van der Waals surface area contributed by atoms with Gasteiger partial charge in [0, 0.05) is 17.1 Å². The third-order valence-corrected chi connectivity index (χ3v) is 2.82. The summed E-state index contributed by atoms with van der Waals surface area (Å²) in [6.45, 7) is 5.39. The molecule has 1 amide bonds. The van der Waals surface area contributed by atoms with Crippen molar-refractivity contribution in [3.8, 4) is 5.75 Å². The van der Waals surface area contributed by atoms with Crippen molar-refractivity contribution in [3.63, 3.8) is 0 Å². The van der Waals surface area contributed by atoms with E-state index in [1.165, 1.54) is 6.07 Å². The van der Waals surface area contributed by atoms with Gasteiger partial charge in [0.25, 0.3) is 5.91 Å². The lowest BCUT2D eigenvalue weighted by Gasteiger charge is -2.13. The summed E-state index contributed by atoms with van der Waals surface area (Å²) in [7, 11) is 0. The highest BCUT2D eigenvalue weighted by atomic mass is 79.9. The number of rotatable bonds is 5. The van der Waals surface area contributed by atoms with Crippen molar-refractivity contribution in [1.29, 1.82) is 0 Å². The minimum atomic E-state index is -0.270. The van der Waals surface area contributed by atoms with Gasteiger partial charge in [0.1, 0.15) is 5.75 Å². The molecule has 0 spiro atoms. The first kappa shape index (κ1) is 17.2. The van der Waals surface area contributed by atoms with Crippen LogP contribution in [0.4, 0.5) is 0 Å². The number of phenolic OH excluding ortho intramolecular Hbond substituents is 1.